The summed E-state index contributed by atoms with van der Waals surface area (Å²) in [7, 11) is -3.82. The van der Waals surface area contributed by atoms with E-state index in [1.54, 1.807) is 6.07 Å². The first-order valence-corrected chi connectivity index (χ1v) is 13.4. The average molecular weight is 495 g/mol. The van der Waals surface area contributed by atoms with Gasteiger partial charge in [0.15, 0.2) is 5.16 Å². The van der Waals surface area contributed by atoms with E-state index < -0.39 is 10.0 Å². The summed E-state index contributed by atoms with van der Waals surface area (Å²) in [6.07, 6.45) is 0.867. The van der Waals surface area contributed by atoms with Crippen LogP contribution in [0.3, 0.4) is 0 Å². The summed E-state index contributed by atoms with van der Waals surface area (Å²) in [6.45, 7) is 2.75. The molecule has 1 heterocycles. The van der Waals surface area contributed by atoms with Crippen LogP contribution in [0.15, 0.2) is 88.9 Å². The van der Waals surface area contributed by atoms with Crippen LogP contribution in [0.4, 0.5) is 0 Å². The summed E-state index contributed by atoms with van der Waals surface area (Å²) in [5, 5.41) is 9.07. The van der Waals surface area contributed by atoms with E-state index in [0.717, 1.165) is 23.1 Å². The zero-order valence-corrected chi connectivity index (χ0v) is 20.4. The molecule has 4 rings (SSSR count). The fourth-order valence-corrected chi connectivity index (χ4v) is 5.18. The number of thioether (sulfide) groups is 1. The number of imidazole rings is 1. The number of amides is 1. The molecule has 7 nitrogen and oxygen atoms in total. The Labute approximate surface area is 203 Å². The van der Waals surface area contributed by atoms with Crippen molar-refractivity contribution in [1.82, 2.24) is 14.9 Å². The number of nitrogens with two attached hydrogens (primary N) is 1. The van der Waals surface area contributed by atoms with Crippen molar-refractivity contribution in [3.63, 3.8) is 0 Å². The maximum Gasteiger partial charge on any atom is 0.238 e. The largest absolute Gasteiger partial charge is 0.344 e. The Bertz CT molecular complexity index is 1350. The highest BCUT2D eigenvalue weighted by Gasteiger charge is 2.19. The predicted molar refractivity (Wildman–Crippen MR) is 135 cm³/mol. The van der Waals surface area contributed by atoms with Crippen molar-refractivity contribution in [2.75, 3.05) is 5.75 Å². The Morgan fingerprint density at radius 2 is 1.65 bits per heavy atom. The van der Waals surface area contributed by atoms with E-state index in [0.29, 0.717) is 17.2 Å². The lowest BCUT2D eigenvalue weighted by Gasteiger charge is -2.20. The molecule has 0 unspecified atom stereocenters. The van der Waals surface area contributed by atoms with E-state index in [9.17, 15) is 13.2 Å². The van der Waals surface area contributed by atoms with Gasteiger partial charge in [0.05, 0.1) is 27.7 Å². The van der Waals surface area contributed by atoms with Crippen molar-refractivity contribution in [3.05, 3.63) is 90.0 Å². The Morgan fingerprint density at radius 3 is 2.21 bits per heavy atom. The molecular formula is C25H26N4O3S2. The minimum atomic E-state index is -3.82. The number of fused-ring (bicyclic) bond motifs is 1. The van der Waals surface area contributed by atoms with Gasteiger partial charge in [0.2, 0.25) is 15.9 Å². The molecule has 1 amide bonds. The highest BCUT2D eigenvalue weighted by molar-refractivity contribution is 7.99. The number of sulfonamides is 1. The lowest BCUT2D eigenvalue weighted by atomic mass is 9.99. The molecule has 0 saturated heterocycles. The maximum absolute atomic E-state index is 13.0. The normalized spacial score (nSPS) is 11.7. The third kappa shape index (κ3) is 5.49. The van der Waals surface area contributed by atoms with Crippen LogP contribution in [0.2, 0.25) is 0 Å². The topological polar surface area (TPSA) is 107 Å². The fourth-order valence-electron chi connectivity index (χ4n) is 3.80. The molecule has 0 saturated carbocycles. The first-order chi connectivity index (χ1) is 16.4. The van der Waals surface area contributed by atoms with Crippen LogP contribution in [0.1, 0.15) is 30.5 Å². The molecular weight excluding hydrogens is 468 g/mol. The molecule has 3 aromatic carbocycles. The minimum Gasteiger partial charge on any atom is -0.344 e. The molecule has 0 aliphatic carbocycles. The second kappa shape index (κ2) is 10.4. The van der Waals surface area contributed by atoms with Gasteiger partial charge in [0, 0.05) is 6.54 Å². The molecule has 0 aliphatic rings. The van der Waals surface area contributed by atoms with Crippen LogP contribution < -0.4 is 10.5 Å². The van der Waals surface area contributed by atoms with Gasteiger partial charge >= 0.3 is 0 Å². The molecule has 34 heavy (non-hydrogen) atoms. The molecule has 176 valence electrons. The van der Waals surface area contributed by atoms with Crippen molar-refractivity contribution in [3.8, 4) is 0 Å². The van der Waals surface area contributed by atoms with Crippen molar-refractivity contribution in [1.29, 1.82) is 0 Å². The molecule has 0 radical (unpaired) electrons. The molecule has 1 aromatic heterocycles. The van der Waals surface area contributed by atoms with Crippen molar-refractivity contribution in [2.24, 2.45) is 5.14 Å². The zero-order chi connectivity index (χ0) is 24.1. The van der Waals surface area contributed by atoms with E-state index >= 15 is 0 Å². The number of carbonyl (C=O) groups is 1. The molecule has 0 aliphatic heterocycles. The molecule has 3 N–H and O–H groups in total. The Hall–Kier alpha value is -3.14. The number of nitrogens with one attached hydrogen (secondary N) is 1. The monoisotopic (exact) mass is 494 g/mol. The third-order valence-corrected chi connectivity index (χ3v) is 7.25. The number of carbonyl (C=O) groups excluding carboxylic acids is 1. The Kier molecular flexibility index (Phi) is 7.35. The summed E-state index contributed by atoms with van der Waals surface area (Å²) in [5.41, 5.74) is 3.35. The van der Waals surface area contributed by atoms with Gasteiger partial charge in [0.25, 0.3) is 0 Å². The van der Waals surface area contributed by atoms with E-state index in [-0.39, 0.29) is 22.6 Å². The Balaban J connectivity index is 1.55. The standard InChI is InChI=1S/C25H26N4O3S2/c1-2-15-29-22-14-13-20(34(26,31)32)16-21(22)27-25(29)33-17-23(30)28-24(18-9-5-3-6-10-18)19-11-7-4-8-12-19/h3-14,16,24H,2,15,17H2,1H3,(H,28,30)(H2,26,31,32). The quantitative estimate of drug-likeness (QED) is 0.341. The highest BCUT2D eigenvalue weighted by Crippen LogP contribution is 2.27. The summed E-state index contributed by atoms with van der Waals surface area (Å²) in [4.78, 5) is 17.6. The van der Waals surface area contributed by atoms with Crippen molar-refractivity contribution in [2.45, 2.75) is 36.0 Å². The number of aryl methyl sites for hydroxylation is 1. The van der Waals surface area contributed by atoms with Crippen molar-refractivity contribution < 1.29 is 13.2 Å². The number of nitrogens with zero attached hydrogens (tertiary/aromatic N) is 2. The molecule has 0 bridgehead atoms. The summed E-state index contributed by atoms with van der Waals surface area (Å²) >= 11 is 1.33. The summed E-state index contributed by atoms with van der Waals surface area (Å²) in [5.74, 6) is 0.0497. The lowest BCUT2D eigenvalue weighted by Crippen LogP contribution is -2.30. The molecule has 4 aromatic rings. The number of aromatic nitrogens is 2. The highest BCUT2D eigenvalue weighted by atomic mass is 32.2. The number of primary sulfonamides is 1. The molecule has 0 fully saturated rings. The average Bonchev–Trinajstić information content (AvgIpc) is 3.19. The Morgan fingerprint density at radius 1 is 1.03 bits per heavy atom. The van der Waals surface area contributed by atoms with Gasteiger partial charge in [0.1, 0.15) is 0 Å². The number of hydrogen-bond donors (Lipinski definition) is 2. The second-order valence-electron chi connectivity index (χ2n) is 7.85. The zero-order valence-electron chi connectivity index (χ0n) is 18.7. The SMILES string of the molecule is CCCn1c(SCC(=O)NC(c2ccccc2)c2ccccc2)nc2cc(S(N)(=O)=O)ccc21. The fraction of sp³-hybridized carbons (Fsp3) is 0.200. The second-order valence-corrected chi connectivity index (χ2v) is 10.4. The number of hydrogen-bond acceptors (Lipinski definition) is 5. The maximum atomic E-state index is 13.0. The van der Waals surface area contributed by atoms with Crippen LogP contribution in [-0.2, 0) is 21.4 Å². The van der Waals surface area contributed by atoms with E-state index in [4.69, 9.17) is 5.14 Å². The van der Waals surface area contributed by atoms with Gasteiger partial charge in [-0.3, -0.25) is 4.79 Å². The van der Waals surface area contributed by atoms with Gasteiger partial charge in [-0.15, -0.1) is 0 Å². The minimum absolute atomic E-state index is 0.0176. The first-order valence-electron chi connectivity index (χ1n) is 10.9. The first kappa shape index (κ1) is 24.0. The summed E-state index contributed by atoms with van der Waals surface area (Å²) in [6, 6.07) is 24.1. The van der Waals surface area contributed by atoms with E-state index in [2.05, 4.69) is 17.2 Å². The predicted octanol–water partition coefficient (Wildman–Crippen LogP) is 4.09. The number of rotatable bonds is 9. The van der Waals surface area contributed by atoms with Crippen LogP contribution in [0.5, 0.6) is 0 Å². The van der Waals surface area contributed by atoms with Gasteiger partial charge in [-0.25, -0.2) is 18.5 Å². The van der Waals surface area contributed by atoms with Crippen LogP contribution >= 0.6 is 11.8 Å². The van der Waals surface area contributed by atoms with Crippen molar-refractivity contribution >= 4 is 38.7 Å². The molecule has 9 heteroatoms. The van der Waals surface area contributed by atoms with Gasteiger partial charge < -0.3 is 9.88 Å². The lowest BCUT2D eigenvalue weighted by molar-refractivity contribution is -0.119. The van der Waals surface area contributed by atoms with Gasteiger partial charge in [-0.2, -0.15) is 0 Å². The molecule has 0 spiro atoms. The van der Waals surface area contributed by atoms with Crippen LogP contribution in [-0.4, -0.2) is 29.6 Å². The molecule has 0 atom stereocenters. The van der Waals surface area contributed by atoms with Crippen LogP contribution in [0.25, 0.3) is 11.0 Å². The summed E-state index contributed by atoms with van der Waals surface area (Å²) < 4.78 is 25.5. The number of benzene rings is 3. The van der Waals surface area contributed by atoms with Gasteiger partial charge in [-0.1, -0.05) is 79.3 Å². The third-order valence-electron chi connectivity index (χ3n) is 5.36. The van der Waals surface area contributed by atoms with E-state index in [1.165, 1.54) is 23.9 Å². The van der Waals surface area contributed by atoms with Crippen LogP contribution in [0, 0.1) is 0 Å². The van der Waals surface area contributed by atoms with E-state index in [1.807, 2.05) is 65.2 Å². The van der Waals surface area contributed by atoms with Gasteiger partial charge in [-0.05, 0) is 35.7 Å². The smallest absolute Gasteiger partial charge is 0.238 e.